The molecule has 3 aliphatic rings. The SMILES string of the molecule is CCCOc1ccc(C2C3=C(OC4CCCCC4C3=O)C(=O)N2c2cccc(C)n2)cc1. The number of ether oxygens (including phenoxy) is 2. The molecule has 0 spiro atoms. The van der Waals surface area contributed by atoms with E-state index in [1.807, 2.05) is 49.4 Å². The number of rotatable bonds is 5. The summed E-state index contributed by atoms with van der Waals surface area (Å²) < 4.78 is 11.9. The van der Waals surface area contributed by atoms with Crippen molar-refractivity contribution in [2.45, 2.75) is 58.1 Å². The Morgan fingerprint density at radius 3 is 2.62 bits per heavy atom. The number of carbonyl (C=O) groups is 2. The Hall–Kier alpha value is -3.15. The fourth-order valence-electron chi connectivity index (χ4n) is 5.03. The number of nitrogens with zero attached hydrogens (tertiary/aromatic N) is 2. The van der Waals surface area contributed by atoms with Gasteiger partial charge in [-0.25, -0.2) is 4.98 Å². The number of aryl methyl sites for hydroxylation is 1. The predicted molar refractivity (Wildman–Crippen MR) is 120 cm³/mol. The Bertz CT molecular complexity index is 1080. The molecule has 0 bridgehead atoms. The number of ketones is 1. The minimum absolute atomic E-state index is 0.0516. The van der Waals surface area contributed by atoms with Crippen LogP contribution in [0.1, 0.15) is 56.3 Å². The maximum absolute atomic E-state index is 13.7. The molecule has 1 saturated carbocycles. The van der Waals surface area contributed by atoms with E-state index < -0.39 is 6.04 Å². The number of fused-ring (bicyclic) bond motifs is 1. The van der Waals surface area contributed by atoms with Gasteiger partial charge in [-0.2, -0.15) is 0 Å². The van der Waals surface area contributed by atoms with Crippen molar-refractivity contribution in [3.05, 3.63) is 65.1 Å². The first-order chi connectivity index (χ1) is 15.6. The van der Waals surface area contributed by atoms with Gasteiger partial charge in [-0.1, -0.05) is 31.5 Å². The molecule has 2 aliphatic heterocycles. The molecule has 1 aliphatic carbocycles. The van der Waals surface area contributed by atoms with E-state index in [0.717, 1.165) is 49.1 Å². The van der Waals surface area contributed by atoms with Crippen LogP contribution in [0.4, 0.5) is 5.82 Å². The number of benzene rings is 1. The third kappa shape index (κ3) is 3.48. The van der Waals surface area contributed by atoms with E-state index in [-0.39, 0.29) is 29.5 Å². The second-order valence-corrected chi connectivity index (χ2v) is 8.79. The van der Waals surface area contributed by atoms with Crippen molar-refractivity contribution in [1.29, 1.82) is 0 Å². The van der Waals surface area contributed by atoms with Crippen LogP contribution in [0.3, 0.4) is 0 Å². The summed E-state index contributed by atoms with van der Waals surface area (Å²) in [4.78, 5) is 33.5. The summed E-state index contributed by atoms with van der Waals surface area (Å²) in [6, 6.07) is 12.7. The number of amides is 1. The Morgan fingerprint density at radius 2 is 1.88 bits per heavy atom. The molecule has 1 fully saturated rings. The van der Waals surface area contributed by atoms with Gasteiger partial charge < -0.3 is 9.47 Å². The van der Waals surface area contributed by atoms with E-state index in [0.29, 0.717) is 18.0 Å². The minimum Gasteiger partial charge on any atom is -0.494 e. The lowest BCUT2D eigenvalue weighted by Gasteiger charge is -2.35. The highest BCUT2D eigenvalue weighted by molar-refractivity contribution is 6.17. The predicted octanol–water partition coefficient (Wildman–Crippen LogP) is 4.68. The molecule has 0 N–H and O–H groups in total. The zero-order valence-corrected chi connectivity index (χ0v) is 18.5. The molecule has 3 unspecified atom stereocenters. The number of hydrogen-bond donors (Lipinski definition) is 0. The van der Waals surface area contributed by atoms with Crippen molar-refractivity contribution in [2.24, 2.45) is 5.92 Å². The smallest absolute Gasteiger partial charge is 0.295 e. The molecule has 0 saturated heterocycles. The maximum atomic E-state index is 13.7. The molecule has 32 heavy (non-hydrogen) atoms. The molecule has 1 amide bonds. The zero-order valence-electron chi connectivity index (χ0n) is 18.5. The molecule has 5 rings (SSSR count). The topological polar surface area (TPSA) is 68.7 Å². The Balaban J connectivity index is 1.59. The summed E-state index contributed by atoms with van der Waals surface area (Å²) in [7, 11) is 0. The highest BCUT2D eigenvalue weighted by atomic mass is 16.5. The van der Waals surface area contributed by atoms with Gasteiger partial charge in [0.1, 0.15) is 17.7 Å². The average molecular weight is 433 g/mol. The number of hydrogen-bond acceptors (Lipinski definition) is 5. The van der Waals surface area contributed by atoms with E-state index in [9.17, 15) is 9.59 Å². The van der Waals surface area contributed by atoms with E-state index in [2.05, 4.69) is 11.9 Å². The molecule has 166 valence electrons. The van der Waals surface area contributed by atoms with E-state index in [4.69, 9.17) is 9.47 Å². The van der Waals surface area contributed by atoms with Gasteiger partial charge in [-0.3, -0.25) is 14.5 Å². The van der Waals surface area contributed by atoms with Crippen molar-refractivity contribution < 1.29 is 19.1 Å². The van der Waals surface area contributed by atoms with Gasteiger partial charge in [0, 0.05) is 5.69 Å². The first-order valence-corrected chi connectivity index (χ1v) is 11.5. The van der Waals surface area contributed by atoms with Gasteiger partial charge in [-0.15, -0.1) is 0 Å². The van der Waals surface area contributed by atoms with Gasteiger partial charge in [-0.05, 0) is 62.4 Å². The van der Waals surface area contributed by atoms with Crippen molar-refractivity contribution >= 4 is 17.5 Å². The highest BCUT2D eigenvalue weighted by Crippen LogP contribution is 2.48. The molecule has 1 aromatic carbocycles. The van der Waals surface area contributed by atoms with Crippen LogP contribution in [0, 0.1) is 12.8 Å². The lowest BCUT2D eigenvalue weighted by Crippen LogP contribution is -2.39. The normalized spacial score (nSPS) is 24.8. The van der Waals surface area contributed by atoms with Crippen LogP contribution in [0.2, 0.25) is 0 Å². The lowest BCUT2D eigenvalue weighted by atomic mass is 9.77. The van der Waals surface area contributed by atoms with Crippen molar-refractivity contribution in [2.75, 3.05) is 11.5 Å². The molecule has 6 nitrogen and oxygen atoms in total. The van der Waals surface area contributed by atoms with Crippen molar-refractivity contribution in [3.8, 4) is 5.75 Å². The van der Waals surface area contributed by atoms with Gasteiger partial charge in [0.05, 0.1) is 24.1 Å². The molecule has 2 aromatic rings. The van der Waals surface area contributed by atoms with Crippen LogP contribution < -0.4 is 9.64 Å². The fourth-order valence-corrected chi connectivity index (χ4v) is 5.03. The summed E-state index contributed by atoms with van der Waals surface area (Å²) in [5.74, 6) is 1.10. The second kappa shape index (κ2) is 8.41. The Kier molecular flexibility index (Phi) is 5.45. The quantitative estimate of drug-likeness (QED) is 0.686. The molecular formula is C26H28N2O4. The van der Waals surface area contributed by atoms with Gasteiger partial charge in [0.15, 0.2) is 11.5 Å². The number of anilines is 1. The van der Waals surface area contributed by atoms with Crippen molar-refractivity contribution in [3.63, 3.8) is 0 Å². The number of aromatic nitrogens is 1. The van der Waals surface area contributed by atoms with Crippen LogP contribution in [0.15, 0.2) is 53.8 Å². The standard InChI is InChI=1S/C26H28N2O4/c1-3-15-31-18-13-11-17(12-14-18)23-22-24(29)19-8-4-5-9-20(19)32-25(22)26(30)28(23)21-10-6-7-16(2)27-21/h6-7,10-14,19-20,23H,3-5,8-9,15H2,1-2H3. The fraction of sp³-hybridized carbons (Fsp3) is 0.423. The van der Waals surface area contributed by atoms with Crippen LogP contribution in [-0.2, 0) is 14.3 Å². The summed E-state index contributed by atoms with van der Waals surface area (Å²) in [6.45, 7) is 4.60. The monoisotopic (exact) mass is 432 g/mol. The minimum atomic E-state index is -0.553. The second-order valence-electron chi connectivity index (χ2n) is 8.79. The van der Waals surface area contributed by atoms with Crippen LogP contribution in [0.5, 0.6) is 5.75 Å². The Morgan fingerprint density at radius 1 is 1.09 bits per heavy atom. The molecular weight excluding hydrogens is 404 g/mol. The molecule has 3 heterocycles. The molecule has 0 radical (unpaired) electrons. The van der Waals surface area contributed by atoms with Gasteiger partial charge in [0.25, 0.3) is 5.91 Å². The third-order valence-corrected chi connectivity index (χ3v) is 6.55. The summed E-state index contributed by atoms with van der Waals surface area (Å²) >= 11 is 0. The van der Waals surface area contributed by atoms with Gasteiger partial charge in [0.2, 0.25) is 0 Å². The van der Waals surface area contributed by atoms with Crippen LogP contribution in [-0.4, -0.2) is 29.4 Å². The molecule has 3 atom stereocenters. The number of carbonyl (C=O) groups excluding carboxylic acids is 2. The maximum Gasteiger partial charge on any atom is 0.295 e. The zero-order chi connectivity index (χ0) is 22.2. The van der Waals surface area contributed by atoms with E-state index >= 15 is 0 Å². The number of pyridine rings is 1. The van der Waals surface area contributed by atoms with Crippen LogP contribution in [0.25, 0.3) is 0 Å². The lowest BCUT2D eigenvalue weighted by molar-refractivity contribution is -0.131. The average Bonchev–Trinajstić information content (AvgIpc) is 3.11. The summed E-state index contributed by atoms with van der Waals surface area (Å²) in [5.41, 5.74) is 2.13. The summed E-state index contributed by atoms with van der Waals surface area (Å²) in [6.07, 6.45) is 4.40. The largest absolute Gasteiger partial charge is 0.494 e. The molecule has 6 heteroatoms. The van der Waals surface area contributed by atoms with E-state index in [1.165, 1.54) is 0 Å². The van der Waals surface area contributed by atoms with Crippen LogP contribution >= 0.6 is 0 Å². The highest BCUT2D eigenvalue weighted by Gasteiger charge is 2.52. The van der Waals surface area contributed by atoms with Gasteiger partial charge >= 0.3 is 0 Å². The van der Waals surface area contributed by atoms with E-state index in [1.54, 1.807) is 4.90 Å². The summed E-state index contributed by atoms with van der Waals surface area (Å²) in [5, 5.41) is 0. The third-order valence-electron chi connectivity index (χ3n) is 6.55. The molecule has 1 aromatic heterocycles. The first kappa shape index (κ1) is 20.7. The number of Topliss-reactive ketones (excluding diaryl/α,β-unsaturated/α-hetero) is 1. The first-order valence-electron chi connectivity index (χ1n) is 11.5. The van der Waals surface area contributed by atoms with Crippen molar-refractivity contribution in [1.82, 2.24) is 4.98 Å². The Labute approximate surface area is 188 Å².